The smallest absolute Gasteiger partial charge is 0.312 e. The summed E-state index contributed by atoms with van der Waals surface area (Å²) in [6.45, 7) is 0.514. The molecule has 1 atom stereocenters. The Morgan fingerprint density at radius 2 is 2.00 bits per heavy atom. The summed E-state index contributed by atoms with van der Waals surface area (Å²) in [4.78, 5) is 41.3. The van der Waals surface area contributed by atoms with Crippen LogP contribution in [0.1, 0.15) is 80.2 Å². The molecule has 2 N–H and O–H groups in total. The normalized spacial score (nSPS) is 18.5. The fraction of sp³-hybridized carbons (Fsp3) is 0.750. The first-order valence-electron chi connectivity index (χ1n) is 10.7. The van der Waals surface area contributed by atoms with Crippen LogP contribution >= 0.6 is 0 Å². The van der Waals surface area contributed by atoms with Crippen molar-refractivity contribution >= 4 is 17.8 Å². The summed E-state index contributed by atoms with van der Waals surface area (Å²) in [5, 5.41) is 12.7. The van der Waals surface area contributed by atoms with Gasteiger partial charge < -0.3 is 14.2 Å². The number of likely N-dealkylation sites (tertiary alicyclic amines) is 1. The number of nitrogens with one attached hydrogen (secondary N) is 1. The van der Waals surface area contributed by atoms with Crippen LogP contribution in [-0.4, -0.2) is 58.2 Å². The lowest BCUT2D eigenvalue weighted by Crippen LogP contribution is -2.53. The van der Waals surface area contributed by atoms with E-state index in [1.54, 1.807) is 5.48 Å². The first kappa shape index (κ1) is 22.2. The maximum Gasteiger partial charge on any atom is 0.312 e. The van der Waals surface area contributed by atoms with Gasteiger partial charge in [-0.3, -0.25) is 19.6 Å². The first-order valence-corrected chi connectivity index (χ1v) is 10.7. The third-order valence-corrected chi connectivity index (χ3v) is 6.13. The molecule has 1 aliphatic heterocycles. The molecule has 166 valence electrons. The summed E-state index contributed by atoms with van der Waals surface area (Å²) in [7, 11) is 1.31. The van der Waals surface area contributed by atoms with E-state index in [1.165, 1.54) is 44.1 Å². The molecule has 2 amide bonds. The summed E-state index contributed by atoms with van der Waals surface area (Å²) >= 11 is 0. The van der Waals surface area contributed by atoms with Gasteiger partial charge in [-0.2, -0.15) is 4.98 Å². The van der Waals surface area contributed by atoms with E-state index in [1.807, 2.05) is 0 Å². The van der Waals surface area contributed by atoms with Crippen molar-refractivity contribution in [1.82, 2.24) is 20.5 Å². The van der Waals surface area contributed by atoms with E-state index >= 15 is 0 Å². The SMILES string of the molecule is COC(=O)C1CN(C(=O)c2noc([C@H](CCCC3CCCCC3)CC(=O)NO)n2)C1. The lowest BCUT2D eigenvalue weighted by molar-refractivity contribution is -0.149. The highest BCUT2D eigenvalue weighted by atomic mass is 16.5. The largest absolute Gasteiger partial charge is 0.469 e. The molecule has 0 spiro atoms. The second-order valence-electron chi connectivity index (χ2n) is 8.26. The Labute approximate surface area is 175 Å². The molecule has 0 unspecified atom stereocenters. The number of hydroxylamine groups is 1. The molecule has 1 saturated heterocycles. The second kappa shape index (κ2) is 10.5. The third-order valence-electron chi connectivity index (χ3n) is 6.13. The predicted octanol–water partition coefficient (Wildman–Crippen LogP) is 2.04. The monoisotopic (exact) mass is 422 g/mol. The molecule has 1 aliphatic carbocycles. The van der Waals surface area contributed by atoms with Crippen LogP contribution in [-0.2, 0) is 14.3 Å². The lowest BCUT2D eigenvalue weighted by Gasteiger charge is -2.36. The average Bonchev–Trinajstić information content (AvgIpc) is 3.22. The van der Waals surface area contributed by atoms with Crippen LogP contribution in [0.2, 0.25) is 0 Å². The number of rotatable bonds is 9. The van der Waals surface area contributed by atoms with Gasteiger partial charge in [0, 0.05) is 25.4 Å². The van der Waals surface area contributed by atoms with Gasteiger partial charge in [-0.15, -0.1) is 0 Å². The van der Waals surface area contributed by atoms with E-state index in [0.29, 0.717) is 6.42 Å². The van der Waals surface area contributed by atoms with E-state index in [-0.39, 0.29) is 49.0 Å². The summed E-state index contributed by atoms with van der Waals surface area (Å²) < 4.78 is 9.96. The van der Waals surface area contributed by atoms with Gasteiger partial charge in [-0.1, -0.05) is 50.1 Å². The summed E-state index contributed by atoms with van der Waals surface area (Å²) in [5.74, 6) is -1.14. The fourth-order valence-electron chi connectivity index (χ4n) is 4.30. The fourth-order valence-corrected chi connectivity index (χ4v) is 4.30. The third kappa shape index (κ3) is 5.56. The van der Waals surface area contributed by atoms with Gasteiger partial charge in [0.15, 0.2) is 0 Å². The Morgan fingerprint density at radius 1 is 1.27 bits per heavy atom. The Balaban J connectivity index is 1.57. The molecule has 10 heteroatoms. The van der Waals surface area contributed by atoms with Crippen LogP contribution in [0.5, 0.6) is 0 Å². The molecule has 2 fully saturated rings. The minimum absolute atomic E-state index is 0.00508. The van der Waals surface area contributed by atoms with Crippen LogP contribution in [0, 0.1) is 11.8 Å². The highest BCUT2D eigenvalue weighted by Gasteiger charge is 2.38. The topological polar surface area (TPSA) is 135 Å². The van der Waals surface area contributed by atoms with Crippen molar-refractivity contribution < 1.29 is 28.9 Å². The van der Waals surface area contributed by atoms with E-state index in [0.717, 1.165) is 18.8 Å². The Hall–Kier alpha value is -2.49. The highest BCUT2D eigenvalue weighted by Crippen LogP contribution is 2.31. The van der Waals surface area contributed by atoms with Gasteiger partial charge in [0.25, 0.3) is 11.7 Å². The Kier molecular flexibility index (Phi) is 7.78. The van der Waals surface area contributed by atoms with E-state index in [9.17, 15) is 14.4 Å². The number of amides is 2. The first-order chi connectivity index (χ1) is 14.5. The van der Waals surface area contributed by atoms with Crippen molar-refractivity contribution in [3.05, 3.63) is 11.7 Å². The molecule has 2 heterocycles. The molecule has 1 aromatic rings. The van der Waals surface area contributed by atoms with E-state index in [2.05, 4.69) is 14.9 Å². The zero-order valence-corrected chi connectivity index (χ0v) is 17.3. The number of carbonyl (C=O) groups is 3. The summed E-state index contributed by atoms with van der Waals surface area (Å²) in [5.41, 5.74) is 1.64. The lowest BCUT2D eigenvalue weighted by atomic mass is 9.84. The zero-order valence-electron chi connectivity index (χ0n) is 17.3. The van der Waals surface area contributed by atoms with Gasteiger partial charge in [0.05, 0.1) is 13.0 Å². The minimum atomic E-state index is -0.535. The standard InChI is InChI=1S/C20H30N4O6/c1-29-20(27)15-11-24(12-15)19(26)17-21-18(30-23-17)14(10-16(25)22-28)9-5-8-13-6-3-2-4-7-13/h13-15,28H,2-12H2,1H3,(H,22,25)/t14-/m1/s1. The van der Waals surface area contributed by atoms with Crippen molar-refractivity contribution in [2.45, 2.75) is 63.7 Å². The number of nitrogens with zero attached hydrogens (tertiary/aromatic N) is 3. The Bertz CT molecular complexity index is 739. The van der Waals surface area contributed by atoms with Gasteiger partial charge in [-0.25, -0.2) is 5.48 Å². The molecule has 10 nitrogen and oxygen atoms in total. The number of methoxy groups -OCH3 is 1. The number of esters is 1. The average molecular weight is 422 g/mol. The van der Waals surface area contributed by atoms with Crippen molar-refractivity contribution in [2.75, 3.05) is 20.2 Å². The van der Waals surface area contributed by atoms with E-state index in [4.69, 9.17) is 9.73 Å². The number of carbonyl (C=O) groups excluding carboxylic acids is 3. The van der Waals surface area contributed by atoms with Gasteiger partial charge in [-0.05, 0) is 12.3 Å². The maximum absolute atomic E-state index is 12.5. The summed E-state index contributed by atoms with van der Waals surface area (Å²) in [6, 6.07) is 0. The van der Waals surface area contributed by atoms with Gasteiger partial charge >= 0.3 is 5.97 Å². The van der Waals surface area contributed by atoms with Crippen LogP contribution in [0.15, 0.2) is 4.52 Å². The minimum Gasteiger partial charge on any atom is -0.469 e. The van der Waals surface area contributed by atoms with Crippen LogP contribution < -0.4 is 5.48 Å². The number of aromatic nitrogens is 2. The molecule has 3 rings (SSSR count). The molecular weight excluding hydrogens is 392 g/mol. The van der Waals surface area contributed by atoms with Crippen molar-refractivity contribution in [3.8, 4) is 0 Å². The van der Waals surface area contributed by atoms with Crippen molar-refractivity contribution in [2.24, 2.45) is 11.8 Å². The molecule has 0 aromatic carbocycles. The molecule has 0 bridgehead atoms. The molecule has 1 saturated carbocycles. The van der Waals surface area contributed by atoms with Gasteiger partial charge in [0.2, 0.25) is 11.8 Å². The molecule has 0 radical (unpaired) electrons. The number of hydrogen-bond donors (Lipinski definition) is 2. The quantitative estimate of drug-likeness (QED) is 0.351. The molecule has 30 heavy (non-hydrogen) atoms. The molecular formula is C20H30N4O6. The summed E-state index contributed by atoms with van der Waals surface area (Å²) in [6.07, 6.45) is 9.04. The molecule has 1 aromatic heterocycles. The predicted molar refractivity (Wildman–Crippen MR) is 103 cm³/mol. The second-order valence-corrected chi connectivity index (χ2v) is 8.26. The number of hydrogen-bond acceptors (Lipinski definition) is 8. The molecule has 2 aliphatic rings. The zero-order chi connectivity index (χ0) is 21.5. The highest BCUT2D eigenvalue weighted by molar-refractivity contribution is 5.92. The number of ether oxygens (including phenoxy) is 1. The van der Waals surface area contributed by atoms with Crippen molar-refractivity contribution in [3.63, 3.8) is 0 Å². The Morgan fingerprint density at radius 3 is 2.67 bits per heavy atom. The van der Waals surface area contributed by atoms with Crippen LogP contribution in [0.3, 0.4) is 0 Å². The van der Waals surface area contributed by atoms with Gasteiger partial charge in [0.1, 0.15) is 0 Å². The van der Waals surface area contributed by atoms with Crippen LogP contribution in [0.4, 0.5) is 0 Å². The van der Waals surface area contributed by atoms with Crippen LogP contribution in [0.25, 0.3) is 0 Å². The van der Waals surface area contributed by atoms with E-state index < -0.39 is 11.8 Å². The maximum atomic E-state index is 12.5. The van der Waals surface area contributed by atoms with Crippen molar-refractivity contribution in [1.29, 1.82) is 0 Å².